The fourth-order valence-electron chi connectivity index (χ4n) is 5.08. The number of hydrogen-bond acceptors (Lipinski definition) is 7. The highest BCUT2D eigenvalue weighted by atomic mass is 32.2. The summed E-state index contributed by atoms with van der Waals surface area (Å²) in [6.45, 7) is 2.83. The van der Waals surface area contributed by atoms with Gasteiger partial charge >= 0.3 is 5.97 Å². The molecule has 0 saturated heterocycles. The highest BCUT2D eigenvalue weighted by molar-refractivity contribution is 7.92. The predicted molar refractivity (Wildman–Crippen MR) is 179 cm³/mol. The molecule has 1 aliphatic rings. The maximum Gasteiger partial charge on any atom is 0.338 e. The number of hydrogen-bond donors (Lipinski definition) is 2. The first-order valence-corrected chi connectivity index (χ1v) is 16.3. The van der Waals surface area contributed by atoms with Crippen LogP contribution in [0.1, 0.15) is 34.0 Å². The zero-order valence-corrected chi connectivity index (χ0v) is 26.3. The Balaban J connectivity index is 1.49. The summed E-state index contributed by atoms with van der Waals surface area (Å²) in [6.07, 6.45) is 0. The van der Waals surface area contributed by atoms with Crippen LogP contribution in [0.3, 0.4) is 0 Å². The lowest BCUT2D eigenvalue weighted by atomic mass is 9.99. The van der Waals surface area contributed by atoms with E-state index in [1.165, 1.54) is 4.31 Å². The largest absolute Gasteiger partial charge is 0.462 e. The summed E-state index contributed by atoms with van der Waals surface area (Å²) < 4.78 is 33.8. The molecule has 1 amide bonds. The monoisotopic (exact) mass is 624 g/mol. The fraction of sp³-hybridized carbons (Fsp3) is 0.200. The van der Waals surface area contributed by atoms with Gasteiger partial charge < -0.3 is 20.3 Å². The van der Waals surface area contributed by atoms with Crippen LogP contribution in [-0.2, 0) is 25.3 Å². The van der Waals surface area contributed by atoms with E-state index in [9.17, 15) is 18.0 Å². The maximum absolute atomic E-state index is 13.6. The highest BCUT2D eigenvalue weighted by Crippen LogP contribution is 2.38. The molecular weight excluding hydrogens is 588 g/mol. The molecule has 0 unspecified atom stereocenters. The van der Waals surface area contributed by atoms with E-state index < -0.39 is 16.0 Å². The second-order valence-corrected chi connectivity index (χ2v) is 12.7. The molecule has 0 bridgehead atoms. The molecular formula is C35H36N4O5S. The zero-order valence-electron chi connectivity index (χ0n) is 25.5. The van der Waals surface area contributed by atoms with Crippen LogP contribution in [0, 0.1) is 0 Å². The summed E-state index contributed by atoms with van der Waals surface area (Å²) in [7, 11) is 0.131. The summed E-state index contributed by atoms with van der Waals surface area (Å²) in [6, 6.07) is 30.8. The number of ether oxygens (including phenoxy) is 1. The van der Waals surface area contributed by atoms with Crippen molar-refractivity contribution in [2.45, 2.75) is 12.7 Å². The molecule has 5 rings (SSSR count). The number of sulfonamides is 1. The molecule has 4 aromatic rings. The van der Waals surface area contributed by atoms with E-state index in [1.54, 1.807) is 49.4 Å². The van der Waals surface area contributed by atoms with Crippen molar-refractivity contribution in [1.82, 2.24) is 4.90 Å². The topological polar surface area (TPSA) is 108 Å². The smallest absolute Gasteiger partial charge is 0.338 e. The standard InChI is InChI=1S/C35H36N4O5S/c1-4-44-35(41)27-15-20-30-31(23-27)37-34(40)32(30)33(26-13-9-6-10-14-26)36-28-16-18-29(19-17-28)39(22-21-38(2)3)45(42,43)24-25-11-7-5-8-12-25/h5-20,23,36H,4,21-22,24H2,1-3H3,(H,37,40)/b33-32+. The number of amides is 1. The van der Waals surface area contributed by atoms with Crippen LogP contribution in [0.2, 0.25) is 0 Å². The normalized spacial score (nSPS) is 13.6. The van der Waals surface area contributed by atoms with Crippen LogP contribution in [0.25, 0.3) is 11.3 Å². The summed E-state index contributed by atoms with van der Waals surface area (Å²) in [5.74, 6) is -0.882. The molecule has 0 aliphatic carbocycles. The molecule has 232 valence electrons. The molecule has 1 aliphatic heterocycles. The van der Waals surface area contributed by atoms with E-state index >= 15 is 0 Å². The van der Waals surface area contributed by atoms with Crippen molar-refractivity contribution in [3.63, 3.8) is 0 Å². The quantitative estimate of drug-likeness (QED) is 0.154. The van der Waals surface area contributed by atoms with Crippen molar-refractivity contribution < 1.29 is 22.7 Å². The van der Waals surface area contributed by atoms with Gasteiger partial charge in [0.15, 0.2) is 0 Å². The van der Waals surface area contributed by atoms with Crippen LogP contribution in [0.5, 0.6) is 0 Å². The second-order valence-electron chi connectivity index (χ2n) is 10.8. The van der Waals surface area contributed by atoms with Crippen molar-refractivity contribution >= 4 is 50.2 Å². The fourth-order valence-corrected chi connectivity index (χ4v) is 6.66. The minimum absolute atomic E-state index is 0.113. The molecule has 2 N–H and O–H groups in total. The van der Waals surface area contributed by atoms with Gasteiger partial charge in [0.1, 0.15) is 0 Å². The van der Waals surface area contributed by atoms with E-state index in [0.29, 0.717) is 58.1 Å². The first-order chi connectivity index (χ1) is 21.7. The Bertz CT molecular complexity index is 1810. The molecule has 10 heteroatoms. The second kappa shape index (κ2) is 13.8. The summed E-state index contributed by atoms with van der Waals surface area (Å²) in [5.41, 5.74) is 5.23. The number of esters is 1. The summed E-state index contributed by atoms with van der Waals surface area (Å²) in [5, 5.41) is 6.29. The highest BCUT2D eigenvalue weighted by Gasteiger charge is 2.30. The number of benzene rings is 4. The van der Waals surface area contributed by atoms with Gasteiger partial charge in [-0.3, -0.25) is 9.10 Å². The lowest BCUT2D eigenvalue weighted by molar-refractivity contribution is -0.110. The van der Waals surface area contributed by atoms with Gasteiger partial charge in [-0.1, -0.05) is 66.7 Å². The van der Waals surface area contributed by atoms with Gasteiger partial charge in [-0.05, 0) is 68.5 Å². The van der Waals surface area contributed by atoms with Gasteiger partial charge in [0, 0.05) is 24.3 Å². The van der Waals surface area contributed by atoms with Gasteiger partial charge in [0.2, 0.25) is 10.0 Å². The number of likely N-dealkylation sites (N-methyl/N-ethyl adjacent to an activating group) is 1. The van der Waals surface area contributed by atoms with Crippen molar-refractivity contribution in [1.29, 1.82) is 0 Å². The molecule has 45 heavy (non-hydrogen) atoms. The van der Waals surface area contributed by atoms with Gasteiger partial charge in [-0.2, -0.15) is 0 Å². The van der Waals surface area contributed by atoms with Gasteiger partial charge in [-0.15, -0.1) is 0 Å². The Morgan fingerprint density at radius 2 is 1.51 bits per heavy atom. The molecule has 0 radical (unpaired) electrons. The third-order valence-electron chi connectivity index (χ3n) is 7.29. The van der Waals surface area contributed by atoms with Crippen molar-refractivity contribution in [3.05, 3.63) is 125 Å². The van der Waals surface area contributed by atoms with E-state index in [2.05, 4.69) is 10.6 Å². The van der Waals surface area contributed by atoms with Crippen molar-refractivity contribution in [2.24, 2.45) is 0 Å². The number of carbonyl (C=O) groups excluding carboxylic acids is 2. The first-order valence-electron chi connectivity index (χ1n) is 14.6. The molecule has 1 heterocycles. The number of carbonyl (C=O) groups is 2. The minimum Gasteiger partial charge on any atom is -0.462 e. The molecule has 0 atom stereocenters. The number of anilines is 3. The average molecular weight is 625 g/mol. The third kappa shape index (κ3) is 7.42. The molecule has 0 fully saturated rings. The van der Waals surface area contributed by atoms with E-state index in [4.69, 9.17) is 4.74 Å². The van der Waals surface area contributed by atoms with Crippen LogP contribution in [0.15, 0.2) is 103 Å². The Kier molecular flexibility index (Phi) is 9.65. The number of nitrogens with zero attached hydrogens (tertiary/aromatic N) is 2. The summed E-state index contributed by atoms with van der Waals surface area (Å²) >= 11 is 0. The Hall–Kier alpha value is -4.93. The van der Waals surface area contributed by atoms with Crippen molar-refractivity contribution in [3.8, 4) is 0 Å². The van der Waals surface area contributed by atoms with E-state index in [0.717, 1.165) is 5.56 Å². The molecule has 0 aromatic heterocycles. The SMILES string of the molecule is CCOC(=O)c1ccc2c(c1)NC(=O)/C2=C(/Nc1ccc(N(CCN(C)C)S(=O)(=O)Cc2ccccc2)cc1)c1ccccc1. The number of nitrogens with one attached hydrogen (secondary N) is 2. The number of fused-ring (bicyclic) bond motifs is 1. The first kappa shape index (κ1) is 31.5. The van der Waals surface area contributed by atoms with Gasteiger partial charge in [-0.25, -0.2) is 13.2 Å². The van der Waals surface area contributed by atoms with Crippen LogP contribution in [-0.4, -0.2) is 59.0 Å². The average Bonchev–Trinajstić information content (AvgIpc) is 3.35. The Labute approximate surface area is 264 Å². The van der Waals surface area contributed by atoms with E-state index in [-0.39, 0.29) is 18.3 Å². The van der Waals surface area contributed by atoms with Crippen LogP contribution >= 0.6 is 0 Å². The van der Waals surface area contributed by atoms with Crippen LogP contribution < -0.4 is 14.9 Å². The molecule has 0 spiro atoms. The maximum atomic E-state index is 13.6. The lowest BCUT2D eigenvalue weighted by Crippen LogP contribution is -2.37. The molecule has 9 nitrogen and oxygen atoms in total. The molecule has 4 aromatic carbocycles. The van der Waals surface area contributed by atoms with Crippen molar-refractivity contribution in [2.75, 3.05) is 48.7 Å². The zero-order chi connectivity index (χ0) is 32.0. The van der Waals surface area contributed by atoms with E-state index in [1.807, 2.05) is 79.7 Å². The Morgan fingerprint density at radius 3 is 2.16 bits per heavy atom. The minimum atomic E-state index is -3.68. The molecule has 0 saturated carbocycles. The van der Waals surface area contributed by atoms with Crippen LogP contribution in [0.4, 0.5) is 17.1 Å². The van der Waals surface area contributed by atoms with Gasteiger partial charge in [0.25, 0.3) is 5.91 Å². The third-order valence-corrected chi connectivity index (χ3v) is 9.05. The summed E-state index contributed by atoms with van der Waals surface area (Å²) in [4.78, 5) is 27.6. The van der Waals surface area contributed by atoms with Gasteiger partial charge in [0.05, 0.1) is 40.6 Å². The lowest BCUT2D eigenvalue weighted by Gasteiger charge is -2.26. The predicted octanol–water partition coefficient (Wildman–Crippen LogP) is 5.69. The Morgan fingerprint density at radius 1 is 0.844 bits per heavy atom. The number of rotatable bonds is 12.